The van der Waals surface area contributed by atoms with Gasteiger partial charge in [-0.1, -0.05) is 17.7 Å². The Balaban J connectivity index is 1.87. The van der Waals surface area contributed by atoms with E-state index < -0.39 is 0 Å². The molecule has 2 heterocycles. The van der Waals surface area contributed by atoms with Crippen LogP contribution in [-0.4, -0.2) is 24.0 Å². The fraction of sp³-hybridized carbons (Fsp3) is 0.400. The normalized spacial score (nSPS) is 15.4. The maximum Gasteiger partial charge on any atom is 0.191 e. The minimum absolute atomic E-state index is 0.520. The van der Waals surface area contributed by atoms with Crippen LogP contribution in [0.15, 0.2) is 23.3 Å². The van der Waals surface area contributed by atoms with E-state index >= 15 is 0 Å². The minimum atomic E-state index is 0.520. The van der Waals surface area contributed by atoms with E-state index in [1.807, 2.05) is 6.07 Å². The summed E-state index contributed by atoms with van der Waals surface area (Å²) in [7, 11) is 0. The highest BCUT2D eigenvalue weighted by atomic mass is 35.5. The topological polar surface area (TPSA) is 49.3 Å². The van der Waals surface area contributed by atoms with Gasteiger partial charge in [0.25, 0.3) is 0 Å². The lowest BCUT2D eigenvalue weighted by molar-refractivity contribution is 0.701. The number of halogens is 1. The Kier molecular flexibility index (Phi) is 3.40. The van der Waals surface area contributed by atoms with Gasteiger partial charge in [0, 0.05) is 25.8 Å². The third-order valence-electron chi connectivity index (χ3n) is 2.15. The summed E-state index contributed by atoms with van der Waals surface area (Å²) in [6, 6.07) is 3.74. The summed E-state index contributed by atoms with van der Waals surface area (Å²) in [5.41, 5.74) is 1.09. The summed E-state index contributed by atoms with van der Waals surface area (Å²) in [6.45, 7) is 2.61. The van der Waals surface area contributed by atoms with Gasteiger partial charge in [-0.3, -0.25) is 4.99 Å². The third kappa shape index (κ3) is 3.09. The van der Waals surface area contributed by atoms with Gasteiger partial charge in [-0.05, 0) is 18.1 Å². The van der Waals surface area contributed by atoms with Crippen molar-refractivity contribution < 1.29 is 0 Å². The largest absolute Gasteiger partial charge is 0.356 e. The molecule has 2 N–H and O–H groups in total. The van der Waals surface area contributed by atoms with Crippen LogP contribution in [0.25, 0.3) is 0 Å². The van der Waals surface area contributed by atoms with E-state index in [2.05, 4.69) is 20.6 Å². The first-order valence-corrected chi connectivity index (χ1v) is 5.35. The zero-order chi connectivity index (χ0) is 10.5. The quantitative estimate of drug-likeness (QED) is 0.742. The summed E-state index contributed by atoms with van der Waals surface area (Å²) in [4.78, 5) is 8.32. The van der Waals surface area contributed by atoms with Gasteiger partial charge in [0.15, 0.2) is 5.96 Å². The molecule has 1 aromatic heterocycles. The Hall–Kier alpha value is -1.29. The van der Waals surface area contributed by atoms with E-state index in [0.29, 0.717) is 5.15 Å². The predicted molar refractivity (Wildman–Crippen MR) is 61.0 cm³/mol. The smallest absolute Gasteiger partial charge is 0.191 e. The lowest BCUT2D eigenvalue weighted by Crippen LogP contribution is -2.40. The molecule has 0 aromatic carbocycles. The van der Waals surface area contributed by atoms with Gasteiger partial charge in [0.1, 0.15) is 5.15 Å². The number of aliphatic imine (C=N–C) groups is 1. The van der Waals surface area contributed by atoms with Crippen LogP contribution in [0.3, 0.4) is 0 Å². The number of nitrogens with one attached hydrogen (secondary N) is 2. The van der Waals surface area contributed by atoms with Crippen molar-refractivity contribution in [3.8, 4) is 0 Å². The van der Waals surface area contributed by atoms with Gasteiger partial charge in [-0.25, -0.2) is 4.98 Å². The summed E-state index contributed by atoms with van der Waals surface area (Å²) in [5, 5.41) is 6.93. The molecule has 80 valence electrons. The maximum absolute atomic E-state index is 5.69. The van der Waals surface area contributed by atoms with Crippen LogP contribution < -0.4 is 10.6 Å². The Morgan fingerprint density at radius 2 is 2.40 bits per heavy atom. The number of hydrogen-bond acceptors (Lipinski definition) is 4. The SMILES string of the molecule is Clc1ccc(CNC2=NCCCN2)cn1. The highest BCUT2D eigenvalue weighted by Gasteiger charge is 2.02. The first kappa shape index (κ1) is 10.2. The van der Waals surface area contributed by atoms with Gasteiger partial charge in [-0.15, -0.1) is 0 Å². The number of nitrogens with zero attached hydrogens (tertiary/aromatic N) is 2. The van der Waals surface area contributed by atoms with Crippen LogP contribution in [0, 0.1) is 0 Å². The van der Waals surface area contributed by atoms with Gasteiger partial charge < -0.3 is 10.6 Å². The average molecular weight is 225 g/mol. The summed E-state index contributed by atoms with van der Waals surface area (Å²) in [5.74, 6) is 0.871. The first-order chi connectivity index (χ1) is 7.34. The molecular formula is C10H13ClN4. The molecule has 1 aliphatic heterocycles. The summed E-state index contributed by atoms with van der Waals surface area (Å²) in [6.07, 6.45) is 2.87. The zero-order valence-corrected chi connectivity index (χ0v) is 9.09. The van der Waals surface area contributed by atoms with Crippen molar-refractivity contribution >= 4 is 17.6 Å². The Morgan fingerprint density at radius 3 is 3.07 bits per heavy atom. The molecule has 4 nitrogen and oxygen atoms in total. The molecule has 0 aliphatic carbocycles. The monoisotopic (exact) mass is 224 g/mol. The van der Waals surface area contributed by atoms with Gasteiger partial charge in [0.2, 0.25) is 0 Å². The van der Waals surface area contributed by atoms with Crippen LogP contribution in [-0.2, 0) is 6.54 Å². The van der Waals surface area contributed by atoms with Crippen molar-refractivity contribution in [3.63, 3.8) is 0 Å². The molecule has 0 saturated carbocycles. The Bertz CT molecular complexity index is 347. The lowest BCUT2D eigenvalue weighted by Gasteiger charge is -2.15. The van der Waals surface area contributed by atoms with Crippen molar-refractivity contribution in [2.75, 3.05) is 13.1 Å². The van der Waals surface area contributed by atoms with Crippen molar-refractivity contribution in [2.24, 2.45) is 4.99 Å². The molecule has 0 fully saturated rings. The molecule has 0 spiro atoms. The molecule has 0 saturated heterocycles. The highest BCUT2D eigenvalue weighted by molar-refractivity contribution is 6.29. The zero-order valence-electron chi connectivity index (χ0n) is 8.33. The molecule has 1 aromatic rings. The molecule has 0 unspecified atom stereocenters. The molecule has 5 heteroatoms. The van der Waals surface area contributed by atoms with Crippen molar-refractivity contribution in [2.45, 2.75) is 13.0 Å². The maximum atomic E-state index is 5.69. The van der Waals surface area contributed by atoms with Crippen molar-refractivity contribution in [1.29, 1.82) is 0 Å². The average Bonchev–Trinajstić information content (AvgIpc) is 2.30. The van der Waals surface area contributed by atoms with E-state index in [9.17, 15) is 0 Å². The van der Waals surface area contributed by atoms with Crippen LogP contribution in [0.4, 0.5) is 0 Å². The molecule has 1 aliphatic rings. The van der Waals surface area contributed by atoms with E-state index in [-0.39, 0.29) is 0 Å². The molecule has 2 rings (SSSR count). The first-order valence-electron chi connectivity index (χ1n) is 4.97. The number of aromatic nitrogens is 1. The number of guanidine groups is 1. The second kappa shape index (κ2) is 4.98. The highest BCUT2D eigenvalue weighted by Crippen LogP contribution is 2.04. The minimum Gasteiger partial charge on any atom is -0.356 e. The molecular weight excluding hydrogens is 212 g/mol. The fourth-order valence-electron chi connectivity index (χ4n) is 1.35. The Labute approximate surface area is 93.8 Å². The second-order valence-corrected chi connectivity index (χ2v) is 3.74. The van der Waals surface area contributed by atoms with E-state index in [1.54, 1.807) is 12.3 Å². The van der Waals surface area contributed by atoms with Crippen LogP contribution in [0.5, 0.6) is 0 Å². The number of pyridine rings is 1. The third-order valence-corrected chi connectivity index (χ3v) is 2.37. The number of rotatable bonds is 2. The fourth-order valence-corrected chi connectivity index (χ4v) is 1.46. The molecule has 0 amide bonds. The van der Waals surface area contributed by atoms with E-state index in [1.165, 1.54) is 0 Å². The van der Waals surface area contributed by atoms with Gasteiger partial charge >= 0.3 is 0 Å². The second-order valence-electron chi connectivity index (χ2n) is 3.35. The summed E-state index contributed by atoms with van der Waals surface area (Å²) < 4.78 is 0. The molecule has 0 bridgehead atoms. The molecule has 0 atom stereocenters. The van der Waals surface area contributed by atoms with E-state index in [4.69, 9.17) is 11.6 Å². The van der Waals surface area contributed by atoms with Gasteiger partial charge in [-0.2, -0.15) is 0 Å². The predicted octanol–water partition coefficient (Wildman–Crippen LogP) is 1.17. The number of hydrogen-bond donors (Lipinski definition) is 2. The van der Waals surface area contributed by atoms with Crippen LogP contribution in [0.2, 0.25) is 5.15 Å². The van der Waals surface area contributed by atoms with Crippen molar-refractivity contribution in [1.82, 2.24) is 15.6 Å². The van der Waals surface area contributed by atoms with Crippen LogP contribution in [0.1, 0.15) is 12.0 Å². The molecule has 15 heavy (non-hydrogen) atoms. The Morgan fingerprint density at radius 1 is 1.47 bits per heavy atom. The lowest BCUT2D eigenvalue weighted by atomic mass is 10.3. The van der Waals surface area contributed by atoms with Gasteiger partial charge in [0.05, 0.1) is 0 Å². The van der Waals surface area contributed by atoms with Crippen LogP contribution >= 0.6 is 11.6 Å². The van der Waals surface area contributed by atoms with E-state index in [0.717, 1.165) is 37.6 Å². The standard InChI is InChI=1S/C10H13ClN4/c11-9-3-2-8(6-14-9)7-15-10-12-4-1-5-13-10/h2-3,6H,1,4-5,7H2,(H2,12,13,15). The molecule has 0 radical (unpaired) electrons. The van der Waals surface area contributed by atoms with Crippen molar-refractivity contribution in [3.05, 3.63) is 29.0 Å². The summed E-state index contributed by atoms with van der Waals surface area (Å²) >= 11 is 5.69.